The average molecular weight is 441 g/mol. The number of ether oxygens (including phenoxy) is 2. The summed E-state index contributed by atoms with van der Waals surface area (Å²) in [4.78, 5) is 11.6. The van der Waals surface area contributed by atoms with Crippen LogP contribution in [0.3, 0.4) is 0 Å². The maximum atomic E-state index is 11.6. The fraction of sp³-hybridized carbons (Fsp3) is 0.690. The molecule has 2 aliphatic carbocycles. The molecule has 0 heterocycles. The van der Waals surface area contributed by atoms with Crippen LogP contribution in [0.4, 0.5) is 0 Å². The molecule has 0 aliphatic heterocycles. The van der Waals surface area contributed by atoms with Crippen LogP contribution < -0.4 is 4.74 Å². The van der Waals surface area contributed by atoms with Crippen LogP contribution >= 0.6 is 0 Å². The number of benzene rings is 1. The molecular weight excluding hydrogens is 396 g/mol. The van der Waals surface area contributed by atoms with Crippen LogP contribution in [-0.4, -0.2) is 17.2 Å². The molecule has 0 unspecified atom stereocenters. The molecule has 0 N–H and O–H groups in total. The van der Waals surface area contributed by atoms with E-state index in [2.05, 4.69) is 37.8 Å². The molecule has 1 aromatic rings. The molecule has 0 radical (unpaired) electrons. The summed E-state index contributed by atoms with van der Waals surface area (Å²) in [6, 6.07) is 8.71. The number of hydrogen-bond acceptors (Lipinski definition) is 3. The fourth-order valence-electron chi connectivity index (χ4n) is 6.22. The first-order chi connectivity index (χ1) is 15.1. The number of esters is 1. The maximum absolute atomic E-state index is 11.6. The molecule has 3 nitrogen and oxygen atoms in total. The Kier molecular flexibility index (Phi) is 8.11. The van der Waals surface area contributed by atoms with Gasteiger partial charge in [0.2, 0.25) is 0 Å². The number of rotatable bonds is 8. The SMILES string of the molecule is C=CC(=O)OC(C)(C)CC(C)(C)Oc1ccc(C2CCC(C3CCC(C)CC3)CC2)cc1. The zero-order valence-corrected chi connectivity index (χ0v) is 21.0. The highest BCUT2D eigenvalue weighted by Gasteiger charge is 2.33. The van der Waals surface area contributed by atoms with Crippen LogP contribution in [0.25, 0.3) is 0 Å². The molecule has 1 aromatic carbocycles. The van der Waals surface area contributed by atoms with E-state index in [0.29, 0.717) is 12.3 Å². The van der Waals surface area contributed by atoms with Crippen molar-refractivity contribution in [3.05, 3.63) is 42.5 Å². The Hall–Kier alpha value is -1.77. The molecule has 2 saturated carbocycles. The van der Waals surface area contributed by atoms with E-state index in [0.717, 1.165) is 23.5 Å². The van der Waals surface area contributed by atoms with Gasteiger partial charge in [-0.3, -0.25) is 0 Å². The van der Waals surface area contributed by atoms with Crippen molar-refractivity contribution in [1.29, 1.82) is 0 Å². The van der Waals surface area contributed by atoms with E-state index in [1.165, 1.54) is 63.0 Å². The van der Waals surface area contributed by atoms with Crippen LogP contribution in [0.1, 0.15) is 104 Å². The minimum absolute atomic E-state index is 0.400. The molecule has 0 saturated heterocycles. The summed E-state index contributed by atoms with van der Waals surface area (Å²) in [6.07, 6.45) is 13.0. The number of hydrogen-bond donors (Lipinski definition) is 0. The first-order valence-corrected chi connectivity index (χ1v) is 12.7. The summed E-state index contributed by atoms with van der Waals surface area (Å²) in [7, 11) is 0. The van der Waals surface area contributed by atoms with Gasteiger partial charge in [0, 0.05) is 12.5 Å². The molecule has 0 spiro atoms. The molecule has 3 rings (SSSR count). The summed E-state index contributed by atoms with van der Waals surface area (Å²) in [5, 5.41) is 0. The lowest BCUT2D eigenvalue weighted by Crippen LogP contribution is -2.40. The molecule has 32 heavy (non-hydrogen) atoms. The van der Waals surface area contributed by atoms with Gasteiger partial charge < -0.3 is 9.47 Å². The quantitative estimate of drug-likeness (QED) is 0.305. The highest BCUT2D eigenvalue weighted by molar-refractivity contribution is 5.81. The van der Waals surface area contributed by atoms with Crippen molar-refractivity contribution in [2.75, 3.05) is 0 Å². The molecule has 3 heteroatoms. The van der Waals surface area contributed by atoms with Crippen molar-refractivity contribution < 1.29 is 14.3 Å². The van der Waals surface area contributed by atoms with Gasteiger partial charge in [-0.2, -0.15) is 0 Å². The summed E-state index contributed by atoms with van der Waals surface area (Å²) >= 11 is 0. The Bertz CT molecular complexity index is 745. The van der Waals surface area contributed by atoms with Gasteiger partial charge in [-0.15, -0.1) is 0 Å². The first-order valence-electron chi connectivity index (χ1n) is 12.7. The van der Waals surface area contributed by atoms with Crippen molar-refractivity contribution in [1.82, 2.24) is 0 Å². The zero-order chi connectivity index (χ0) is 23.4. The van der Waals surface area contributed by atoms with Crippen molar-refractivity contribution in [3.63, 3.8) is 0 Å². The molecule has 0 amide bonds. The molecule has 2 fully saturated rings. The Morgan fingerprint density at radius 3 is 1.97 bits per heavy atom. The lowest BCUT2D eigenvalue weighted by atomic mass is 9.68. The predicted molar refractivity (Wildman–Crippen MR) is 132 cm³/mol. The van der Waals surface area contributed by atoms with Crippen LogP contribution in [0.5, 0.6) is 5.75 Å². The minimum Gasteiger partial charge on any atom is -0.488 e. The van der Waals surface area contributed by atoms with E-state index >= 15 is 0 Å². The summed E-state index contributed by atoms with van der Waals surface area (Å²) < 4.78 is 11.8. The van der Waals surface area contributed by atoms with E-state index < -0.39 is 17.2 Å². The van der Waals surface area contributed by atoms with E-state index in [4.69, 9.17) is 9.47 Å². The van der Waals surface area contributed by atoms with E-state index in [1.807, 2.05) is 27.7 Å². The van der Waals surface area contributed by atoms with Gasteiger partial charge in [-0.1, -0.05) is 38.5 Å². The predicted octanol–water partition coefficient (Wildman–Crippen LogP) is 7.84. The second-order valence-corrected chi connectivity index (χ2v) is 11.6. The van der Waals surface area contributed by atoms with Crippen molar-refractivity contribution in [2.45, 2.75) is 110 Å². The van der Waals surface area contributed by atoms with Gasteiger partial charge in [0.1, 0.15) is 17.0 Å². The molecular formula is C29H44O3. The van der Waals surface area contributed by atoms with Crippen molar-refractivity contribution >= 4 is 5.97 Å². The van der Waals surface area contributed by atoms with Gasteiger partial charge in [-0.05, 0) is 108 Å². The lowest BCUT2D eigenvalue weighted by Gasteiger charge is -2.37. The van der Waals surface area contributed by atoms with Gasteiger partial charge in [0.25, 0.3) is 0 Å². The summed E-state index contributed by atoms with van der Waals surface area (Å²) in [6.45, 7) is 13.8. The summed E-state index contributed by atoms with van der Waals surface area (Å²) in [5.41, 5.74) is 0.372. The highest BCUT2D eigenvalue weighted by Crippen LogP contribution is 2.44. The number of carbonyl (C=O) groups excluding carboxylic acids is 1. The van der Waals surface area contributed by atoms with Gasteiger partial charge in [0.15, 0.2) is 0 Å². The average Bonchev–Trinajstić information content (AvgIpc) is 2.73. The molecule has 2 aliphatic rings. The smallest absolute Gasteiger partial charge is 0.330 e. The lowest BCUT2D eigenvalue weighted by molar-refractivity contribution is -0.154. The van der Waals surface area contributed by atoms with Gasteiger partial charge >= 0.3 is 5.97 Å². The normalized spacial score (nSPS) is 26.9. The first kappa shape index (κ1) is 24.9. The van der Waals surface area contributed by atoms with Crippen LogP contribution in [0, 0.1) is 17.8 Å². The Labute approximate surface area is 196 Å². The second-order valence-electron chi connectivity index (χ2n) is 11.6. The molecule has 0 aromatic heterocycles. The third kappa shape index (κ3) is 7.12. The van der Waals surface area contributed by atoms with Gasteiger partial charge in [-0.25, -0.2) is 4.79 Å². The molecule has 0 atom stereocenters. The Morgan fingerprint density at radius 2 is 1.44 bits per heavy atom. The van der Waals surface area contributed by atoms with Crippen LogP contribution in [0.2, 0.25) is 0 Å². The van der Waals surface area contributed by atoms with E-state index in [-0.39, 0.29) is 0 Å². The largest absolute Gasteiger partial charge is 0.488 e. The van der Waals surface area contributed by atoms with E-state index in [1.54, 1.807) is 0 Å². The van der Waals surface area contributed by atoms with Crippen molar-refractivity contribution in [2.24, 2.45) is 17.8 Å². The zero-order valence-electron chi connectivity index (χ0n) is 21.0. The minimum atomic E-state index is -0.621. The number of carbonyl (C=O) groups is 1. The third-order valence-corrected chi connectivity index (χ3v) is 7.64. The summed E-state index contributed by atoms with van der Waals surface area (Å²) in [5.74, 6) is 4.05. The second kappa shape index (κ2) is 10.4. The van der Waals surface area contributed by atoms with Crippen LogP contribution in [0.15, 0.2) is 36.9 Å². The molecule has 0 bridgehead atoms. The Balaban J connectivity index is 1.50. The highest BCUT2D eigenvalue weighted by atomic mass is 16.6. The molecule has 178 valence electrons. The standard InChI is InChI=1S/C29H44O3/c1-7-27(30)32-29(5,6)20-28(3,4)31-26-18-16-25(17-19-26)24-14-12-23(13-15-24)22-10-8-21(2)9-11-22/h7,16-19,21-24H,1,8-15,20H2,2-6H3. The maximum Gasteiger partial charge on any atom is 0.330 e. The third-order valence-electron chi connectivity index (χ3n) is 7.64. The topological polar surface area (TPSA) is 35.5 Å². The van der Waals surface area contributed by atoms with Crippen LogP contribution in [-0.2, 0) is 9.53 Å². The Morgan fingerprint density at radius 1 is 0.906 bits per heavy atom. The monoisotopic (exact) mass is 440 g/mol. The fourth-order valence-corrected chi connectivity index (χ4v) is 6.22. The van der Waals surface area contributed by atoms with Crippen molar-refractivity contribution in [3.8, 4) is 5.75 Å². The van der Waals surface area contributed by atoms with E-state index in [9.17, 15) is 4.79 Å². The van der Waals surface area contributed by atoms with Gasteiger partial charge in [0.05, 0.1) is 0 Å².